The van der Waals surface area contributed by atoms with Crippen molar-refractivity contribution in [2.75, 3.05) is 0 Å². The minimum Gasteiger partial charge on any atom is -0.300 e. The molecule has 2 heteroatoms. The van der Waals surface area contributed by atoms with Crippen molar-refractivity contribution >= 4 is 11.6 Å². The van der Waals surface area contributed by atoms with Gasteiger partial charge in [-0.2, -0.15) is 0 Å². The molecule has 0 unspecified atom stereocenters. The lowest BCUT2D eigenvalue weighted by Gasteiger charge is -1.97. The molecule has 1 saturated carbocycles. The van der Waals surface area contributed by atoms with E-state index < -0.39 is 0 Å². The molecule has 0 saturated heterocycles. The Labute approximate surface area is 82.9 Å². The van der Waals surface area contributed by atoms with Crippen molar-refractivity contribution in [3.8, 4) is 0 Å². The number of Topliss-reactive ketones (excluding diaryl/α,β-unsaturated/α-hetero) is 2. The van der Waals surface area contributed by atoms with E-state index in [-0.39, 0.29) is 23.4 Å². The zero-order valence-electron chi connectivity index (χ0n) is 8.07. The summed E-state index contributed by atoms with van der Waals surface area (Å²) in [7, 11) is 0. The third kappa shape index (κ3) is 1.60. The fraction of sp³-hybridized carbons (Fsp3) is 0.333. The van der Waals surface area contributed by atoms with E-state index >= 15 is 0 Å². The summed E-state index contributed by atoms with van der Waals surface area (Å²) < 4.78 is 0. The third-order valence-electron chi connectivity index (χ3n) is 2.71. The molecule has 2 rings (SSSR count). The van der Waals surface area contributed by atoms with Crippen LogP contribution in [0.4, 0.5) is 0 Å². The topological polar surface area (TPSA) is 34.1 Å². The molecule has 72 valence electrons. The number of rotatable bonds is 3. The lowest BCUT2D eigenvalue weighted by Crippen LogP contribution is -2.06. The summed E-state index contributed by atoms with van der Waals surface area (Å²) in [5, 5.41) is 0. The fourth-order valence-electron chi connectivity index (χ4n) is 1.75. The van der Waals surface area contributed by atoms with E-state index in [0.717, 1.165) is 12.0 Å². The van der Waals surface area contributed by atoms with E-state index in [1.54, 1.807) is 19.1 Å². The number of hydrogen-bond donors (Lipinski definition) is 0. The minimum atomic E-state index is -0.0464. The smallest absolute Gasteiger partial charge is 0.166 e. The Hall–Kier alpha value is -1.44. The van der Waals surface area contributed by atoms with Crippen molar-refractivity contribution in [3.63, 3.8) is 0 Å². The van der Waals surface area contributed by atoms with Crippen LogP contribution in [0.1, 0.15) is 23.7 Å². The Balaban J connectivity index is 2.09. The van der Waals surface area contributed by atoms with Crippen LogP contribution in [-0.2, 0) is 4.79 Å². The average molecular weight is 188 g/mol. The Kier molecular flexibility index (Phi) is 2.20. The normalized spacial score (nSPS) is 24.4. The van der Waals surface area contributed by atoms with Gasteiger partial charge < -0.3 is 0 Å². The number of benzene rings is 1. The monoisotopic (exact) mass is 188 g/mol. The van der Waals surface area contributed by atoms with Crippen LogP contribution < -0.4 is 0 Å². The molecule has 0 aromatic heterocycles. The van der Waals surface area contributed by atoms with E-state index in [1.807, 2.05) is 18.2 Å². The van der Waals surface area contributed by atoms with Gasteiger partial charge in [0.1, 0.15) is 5.78 Å². The largest absolute Gasteiger partial charge is 0.300 e. The Morgan fingerprint density at radius 1 is 1.14 bits per heavy atom. The second-order valence-electron chi connectivity index (χ2n) is 3.79. The summed E-state index contributed by atoms with van der Waals surface area (Å²) in [6.45, 7) is 1.56. The Morgan fingerprint density at radius 2 is 1.79 bits per heavy atom. The molecular weight excluding hydrogens is 176 g/mol. The van der Waals surface area contributed by atoms with Crippen molar-refractivity contribution in [1.29, 1.82) is 0 Å². The Morgan fingerprint density at radius 3 is 2.29 bits per heavy atom. The molecule has 1 fully saturated rings. The lowest BCUT2D eigenvalue weighted by atomic mass is 10.1. The van der Waals surface area contributed by atoms with Gasteiger partial charge in [-0.25, -0.2) is 0 Å². The van der Waals surface area contributed by atoms with Crippen molar-refractivity contribution in [1.82, 2.24) is 0 Å². The summed E-state index contributed by atoms with van der Waals surface area (Å²) in [6, 6.07) is 9.18. The highest BCUT2D eigenvalue weighted by atomic mass is 16.1. The number of carbonyl (C=O) groups is 2. The molecule has 1 aromatic rings. The average Bonchev–Trinajstić information content (AvgIpc) is 2.97. The van der Waals surface area contributed by atoms with Gasteiger partial charge in [-0.1, -0.05) is 30.3 Å². The molecule has 0 radical (unpaired) electrons. The van der Waals surface area contributed by atoms with E-state index in [2.05, 4.69) is 0 Å². The van der Waals surface area contributed by atoms with E-state index in [0.29, 0.717) is 0 Å². The second kappa shape index (κ2) is 3.37. The highest BCUT2D eigenvalue weighted by molar-refractivity contribution is 6.03. The van der Waals surface area contributed by atoms with Gasteiger partial charge in [-0.15, -0.1) is 0 Å². The van der Waals surface area contributed by atoms with E-state index in [9.17, 15) is 9.59 Å². The second-order valence-corrected chi connectivity index (χ2v) is 3.79. The molecule has 1 aromatic carbocycles. The highest BCUT2D eigenvalue weighted by Crippen LogP contribution is 2.41. The first-order valence-electron chi connectivity index (χ1n) is 4.80. The highest BCUT2D eigenvalue weighted by Gasteiger charge is 2.45. The molecule has 2 nitrogen and oxygen atoms in total. The van der Waals surface area contributed by atoms with Crippen molar-refractivity contribution in [3.05, 3.63) is 35.9 Å². The first kappa shape index (κ1) is 9.13. The van der Waals surface area contributed by atoms with Crippen LogP contribution in [0.3, 0.4) is 0 Å². The molecule has 0 N–H and O–H groups in total. The van der Waals surface area contributed by atoms with Crippen LogP contribution >= 0.6 is 0 Å². The predicted octanol–water partition coefficient (Wildman–Crippen LogP) is 2.09. The zero-order chi connectivity index (χ0) is 10.1. The summed E-state index contributed by atoms with van der Waals surface area (Å²) in [6.07, 6.45) is 0.739. The first-order chi connectivity index (χ1) is 6.70. The predicted molar refractivity (Wildman–Crippen MR) is 53.1 cm³/mol. The number of ketones is 2. The summed E-state index contributed by atoms with van der Waals surface area (Å²) in [5.41, 5.74) is 0.723. The van der Waals surface area contributed by atoms with Gasteiger partial charge in [0.15, 0.2) is 5.78 Å². The van der Waals surface area contributed by atoms with Crippen LogP contribution in [0.2, 0.25) is 0 Å². The number of carbonyl (C=O) groups excluding carboxylic acids is 2. The molecule has 0 aliphatic heterocycles. The van der Waals surface area contributed by atoms with Crippen LogP contribution in [0.5, 0.6) is 0 Å². The lowest BCUT2D eigenvalue weighted by molar-refractivity contribution is -0.118. The van der Waals surface area contributed by atoms with Crippen LogP contribution in [-0.4, -0.2) is 11.6 Å². The van der Waals surface area contributed by atoms with Crippen LogP contribution in [0.25, 0.3) is 0 Å². The van der Waals surface area contributed by atoms with Crippen molar-refractivity contribution < 1.29 is 9.59 Å². The SMILES string of the molecule is CC(=O)[C@@H]1C[C@H]1C(=O)c1ccccc1. The fourth-order valence-corrected chi connectivity index (χ4v) is 1.75. The van der Waals surface area contributed by atoms with Gasteiger partial charge in [0.05, 0.1) is 0 Å². The van der Waals surface area contributed by atoms with E-state index in [4.69, 9.17) is 0 Å². The van der Waals surface area contributed by atoms with Gasteiger partial charge >= 0.3 is 0 Å². The summed E-state index contributed by atoms with van der Waals surface area (Å²) >= 11 is 0. The maximum Gasteiger partial charge on any atom is 0.166 e. The molecule has 2 atom stereocenters. The first-order valence-corrected chi connectivity index (χ1v) is 4.80. The molecule has 0 bridgehead atoms. The third-order valence-corrected chi connectivity index (χ3v) is 2.71. The maximum absolute atomic E-state index is 11.8. The van der Waals surface area contributed by atoms with Gasteiger partial charge in [-0.3, -0.25) is 9.59 Å². The van der Waals surface area contributed by atoms with Gasteiger partial charge in [0.2, 0.25) is 0 Å². The molecule has 1 aliphatic carbocycles. The van der Waals surface area contributed by atoms with Crippen molar-refractivity contribution in [2.24, 2.45) is 11.8 Å². The minimum absolute atomic E-state index is 0.0114. The van der Waals surface area contributed by atoms with Crippen LogP contribution in [0, 0.1) is 11.8 Å². The van der Waals surface area contributed by atoms with Crippen LogP contribution in [0.15, 0.2) is 30.3 Å². The number of hydrogen-bond acceptors (Lipinski definition) is 2. The van der Waals surface area contributed by atoms with Gasteiger partial charge in [0.25, 0.3) is 0 Å². The standard InChI is InChI=1S/C12H12O2/c1-8(13)10-7-11(10)12(14)9-5-3-2-4-6-9/h2-6,10-11H,7H2,1H3/t10-,11+/m0/s1. The summed E-state index contributed by atoms with van der Waals surface area (Å²) in [5.74, 6) is 0.197. The zero-order valence-corrected chi connectivity index (χ0v) is 8.07. The molecule has 14 heavy (non-hydrogen) atoms. The van der Waals surface area contributed by atoms with E-state index in [1.165, 1.54) is 0 Å². The molecule has 0 heterocycles. The van der Waals surface area contributed by atoms with Gasteiger partial charge in [0, 0.05) is 17.4 Å². The maximum atomic E-state index is 11.8. The molecule has 0 amide bonds. The Bertz CT molecular complexity index is 367. The quantitative estimate of drug-likeness (QED) is 0.681. The van der Waals surface area contributed by atoms with Gasteiger partial charge in [-0.05, 0) is 13.3 Å². The molecule has 0 spiro atoms. The van der Waals surface area contributed by atoms with Crippen molar-refractivity contribution in [2.45, 2.75) is 13.3 Å². The summed E-state index contributed by atoms with van der Waals surface area (Å²) in [4.78, 5) is 22.8. The molecule has 1 aliphatic rings. The molecular formula is C12H12O2.